The van der Waals surface area contributed by atoms with Crippen LogP contribution in [-0.2, 0) is 9.53 Å². The van der Waals surface area contributed by atoms with Crippen LogP contribution in [0.4, 0.5) is 23.2 Å². The Kier molecular flexibility index (Phi) is 5.13. The maximum atomic E-state index is 13.7. The molecule has 5 nitrogen and oxygen atoms in total. The number of esters is 1. The number of carbonyl (C=O) groups excluding carboxylic acids is 2. The molecule has 0 saturated heterocycles. The average molecular weight is 323 g/mol. The Morgan fingerprint density at radius 2 is 1.91 bits per heavy atom. The molecule has 0 saturated carbocycles. The fraction of sp³-hybridized carbons (Fsp3) is 0.385. The van der Waals surface area contributed by atoms with E-state index in [9.17, 15) is 27.2 Å². The van der Waals surface area contributed by atoms with Crippen molar-refractivity contribution < 1.29 is 37.0 Å². The maximum absolute atomic E-state index is 13.7. The Morgan fingerprint density at radius 1 is 1.32 bits per heavy atom. The molecule has 0 aliphatic carbocycles. The number of amides is 1. The fourth-order valence-electron chi connectivity index (χ4n) is 1.35. The molecule has 9 heteroatoms. The Labute approximate surface area is 122 Å². The highest BCUT2D eigenvalue weighted by molar-refractivity contribution is 5.98. The maximum Gasteiger partial charge on any atom is 0.426 e. The molecular formula is C13H13F4NO4. The van der Waals surface area contributed by atoms with Crippen LogP contribution in [0.2, 0.25) is 0 Å². The summed E-state index contributed by atoms with van der Waals surface area (Å²) in [4.78, 5) is 22.8. The molecule has 0 spiro atoms. The van der Waals surface area contributed by atoms with Crippen molar-refractivity contribution in [1.29, 1.82) is 0 Å². The van der Waals surface area contributed by atoms with Gasteiger partial charge in [0.05, 0.1) is 12.2 Å². The minimum atomic E-state index is -5.19. The van der Waals surface area contributed by atoms with Crippen LogP contribution in [-0.4, -0.2) is 35.4 Å². The van der Waals surface area contributed by atoms with Gasteiger partial charge in [-0.25, -0.2) is 9.18 Å². The molecule has 1 amide bonds. The minimum Gasteiger partial charge on any atom is -0.462 e. The second kappa shape index (κ2) is 6.30. The highest BCUT2D eigenvalue weighted by Crippen LogP contribution is 2.31. The normalized spacial score (nSPS) is 14.1. The topological polar surface area (TPSA) is 75.6 Å². The number of hydrogen-bond donors (Lipinski definition) is 2. The van der Waals surface area contributed by atoms with E-state index in [1.807, 2.05) is 0 Å². The Bertz CT molecular complexity index is 584. The molecule has 1 aromatic carbocycles. The number of ether oxygens (including phenoxy) is 1. The van der Waals surface area contributed by atoms with Crippen molar-refractivity contribution in [3.05, 3.63) is 29.6 Å². The lowest BCUT2D eigenvalue weighted by atomic mass is 10.1. The number of rotatable bonds is 4. The standard InChI is InChI=1S/C13H13F4NO4/c1-3-22-10(19)8-5-4-7(6-9(8)14)18-11(20)12(2,21)13(15,16)17/h4-6,21H,3H2,1-2H3,(H,18,20). The van der Waals surface area contributed by atoms with Crippen LogP contribution >= 0.6 is 0 Å². The van der Waals surface area contributed by atoms with Crippen molar-refractivity contribution in [3.8, 4) is 0 Å². The van der Waals surface area contributed by atoms with E-state index in [2.05, 4.69) is 4.74 Å². The second-order valence-corrected chi connectivity index (χ2v) is 4.44. The lowest BCUT2D eigenvalue weighted by Crippen LogP contribution is -2.52. The molecule has 0 bridgehead atoms. The molecule has 0 aromatic heterocycles. The van der Waals surface area contributed by atoms with E-state index in [0.29, 0.717) is 6.07 Å². The van der Waals surface area contributed by atoms with E-state index >= 15 is 0 Å². The smallest absolute Gasteiger partial charge is 0.426 e. The van der Waals surface area contributed by atoms with Gasteiger partial charge in [0.1, 0.15) is 5.82 Å². The van der Waals surface area contributed by atoms with E-state index < -0.39 is 35.0 Å². The quantitative estimate of drug-likeness (QED) is 0.658. The average Bonchev–Trinajstić information content (AvgIpc) is 2.37. The molecule has 0 aliphatic rings. The second-order valence-electron chi connectivity index (χ2n) is 4.44. The van der Waals surface area contributed by atoms with Gasteiger partial charge in [-0.3, -0.25) is 4.79 Å². The van der Waals surface area contributed by atoms with Crippen molar-refractivity contribution in [2.75, 3.05) is 11.9 Å². The van der Waals surface area contributed by atoms with Crippen molar-refractivity contribution in [1.82, 2.24) is 0 Å². The largest absolute Gasteiger partial charge is 0.462 e. The summed E-state index contributed by atoms with van der Waals surface area (Å²) in [5, 5.41) is 10.9. The first-order valence-corrected chi connectivity index (χ1v) is 6.08. The molecule has 1 rings (SSSR count). The molecule has 2 N–H and O–H groups in total. The lowest BCUT2D eigenvalue weighted by Gasteiger charge is -2.24. The Morgan fingerprint density at radius 3 is 2.36 bits per heavy atom. The number of alkyl halides is 3. The summed E-state index contributed by atoms with van der Waals surface area (Å²) in [5.41, 5.74) is -4.41. The summed E-state index contributed by atoms with van der Waals surface area (Å²) in [6.45, 7) is 1.81. The van der Waals surface area contributed by atoms with Crippen molar-refractivity contribution in [2.24, 2.45) is 0 Å². The van der Waals surface area contributed by atoms with Gasteiger partial charge in [0, 0.05) is 5.69 Å². The number of benzene rings is 1. The molecule has 0 radical (unpaired) electrons. The van der Waals surface area contributed by atoms with Crippen LogP contribution in [0.5, 0.6) is 0 Å². The van der Waals surface area contributed by atoms with E-state index in [-0.39, 0.29) is 19.2 Å². The first kappa shape index (κ1) is 17.9. The van der Waals surface area contributed by atoms with Gasteiger partial charge >= 0.3 is 12.1 Å². The van der Waals surface area contributed by atoms with Gasteiger partial charge in [-0.1, -0.05) is 0 Å². The van der Waals surface area contributed by atoms with Crippen molar-refractivity contribution >= 4 is 17.6 Å². The Balaban J connectivity index is 2.95. The molecule has 1 unspecified atom stereocenters. The Hall–Kier alpha value is -2.16. The predicted molar refractivity (Wildman–Crippen MR) is 67.7 cm³/mol. The summed E-state index contributed by atoms with van der Waals surface area (Å²) >= 11 is 0. The molecule has 1 aromatic rings. The van der Waals surface area contributed by atoms with Crippen LogP contribution in [0.15, 0.2) is 18.2 Å². The van der Waals surface area contributed by atoms with Crippen molar-refractivity contribution in [3.63, 3.8) is 0 Å². The van der Waals surface area contributed by atoms with E-state index in [1.54, 1.807) is 5.32 Å². The van der Waals surface area contributed by atoms with E-state index in [4.69, 9.17) is 5.11 Å². The van der Waals surface area contributed by atoms with Crippen LogP contribution in [0.1, 0.15) is 24.2 Å². The van der Waals surface area contributed by atoms with Gasteiger partial charge in [-0.05, 0) is 32.0 Å². The summed E-state index contributed by atoms with van der Waals surface area (Å²) in [5.74, 6) is -3.80. The third-order valence-corrected chi connectivity index (χ3v) is 2.72. The number of halogens is 4. The van der Waals surface area contributed by atoms with E-state index in [0.717, 1.165) is 12.1 Å². The van der Waals surface area contributed by atoms with Gasteiger partial charge in [-0.15, -0.1) is 0 Å². The first-order valence-electron chi connectivity index (χ1n) is 6.08. The molecule has 122 valence electrons. The number of aliphatic hydroxyl groups is 1. The summed E-state index contributed by atoms with van der Waals surface area (Å²) in [6, 6.07) is 2.61. The zero-order chi connectivity index (χ0) is 17.1. The molecule has 0 heterocycles. The summed E-state index contributed by atoms with van der Waals surface area (Å²) in [7, 11) is 0. The summed E-state index contributed by atoms with van der Waals surface area (Å²) in [6.07, 6.45) is -5.19. The third kappa shape index (κ3) is 3.73. The van der Waals surface area contributed by atoms with Crippen LogP contribution < -0.4 is 5.32 Å². The molecule has 0 fully saturated rings. The highest BCUT2D eigenvalue weighted by atomic mass is 19.4. The SMILES string of the molecule is CCOC(=O)c1ccc(NC(=O)C(C)(O)C(F)(F)F)cc1F. The van der Waals surface area contributed by atoms with Crippen LogP contribution in [0, 0.1) is 5.82 Å². The van der Waals surface area contributed by atoms with Gasteiger partial charge in [0.25, 0.3) is 5.91 Å². The summed E-state index contributed by atoms with van der Waals surface area (Å²) < 4.78 is 55.7. The number of anilines is 1. The van der Waals surface area contributed by atoms with Gasteiger partial charge in [0.15, 0.2) is 0 Å². The predicted octanol–water partition coefficient (Wildman–Crippen LogP) is 2.25. The highest BCUT2D eigenvalue weighted by Gasteiger charge is 2.55. The first-order chi connectivity index (χ1) is 10.0. The number of nitrogens with one attached hydrogen (secondary N) is 1. The zero-order valence-electron chi connectivity index (χ0n) is 11.6. The van der Waals surface area contributed by atoms with Gasteiger partial charge in [-0.2, -0.15) is 13.2 Å². The molecule has 0 aliphatic heterocycles. The molecular weight excluding hydrogens is 310 g/mol. The third-order valence-electron chi connectivity index (χ3n) is 2.72. The number of hydrogen-bond acceptors (Lipinski definition) is 4. The van der Waals surface area contributed by atoms with E-state index in [1.165, 1.54) is 6.92 Å². The van der Waals surface area contributed by atoms with Gasteiger partial charge < -0.3 is 15.2 Å². The van der Waals surface area contributed by atoms with Crippen molar-refractivity contribution in [2.45, 2.75) is 25.6 Å². The monoisotopic (exact) mass is 323 g/mol. The zero-order valence-corrected chi connectivity index (χ0v) is 11.6. The molecule has 22 heavy (non-hydrogen) atoms. The van der Waals surface area contributed by atoms with Crippen LogP contribution in [0.25, 0.3) is 0 Å². The minimum absolute atomic E-state index is 0.0191. The van der Waals surface area contributed by atoms with Gasteiger partial charge in [0.2, 0.25) is 5.60 Å². The lowest BCUT2D eigenvalue weighted by molar-refractivity contribution is -0.242. The van der Waals surface area contributed by atoms with Crippen LogP contribution in [0.3, 0.4) is 0 Å². The molecule has 1 atom stereocenters. The fourth-order valence-corrected chi connectivity index (χ4v) is 1.35. The number of carbonyl (C=O) groups is 2.